The summed E-state index contributed by atoms with van der Waals surface area (Å²) in [7, 11) is 1.57. The third kappa shape index (κ3) is 4.40. The van der Waals surface area contributed by atoms with Crippen LogP contribution in [0.2, 0.25) is 0 Å². The maximum Gasteiger partial charge on any atom is 0.346 e. The Morgan fingerprint density at radius 2 is 1.81 bits per heavy atom. The highest BCUT2D eigenvalue weighted by Crippen LogP contribution is 2.28. The third-order valence-corrected chi connectivity index (χ3v) is 6.23. The SMILES string of the molecule is COc1cccc(COC(=O)C2=Cn3c(c(C)c(=O)n(Cc4ccccc4)c3=O)CS2)c1. The topological polar surface area (TPSA) is 79.5 Å². The predicted octanol–water partition coefficient (Wildman–Crippen LogP) is 3.16. The zero-order chi connectivity index (χ0) is 22.7. The van der Waals surface area contributed by atoms with Crippen LogP contribution < -0.4 is 16.0 Å². The fourth-order valence-corrected chi connectivity index (χ4v) is 4.45. The molecule has 1 aliphatic rings. The van der Waals surface area contributed by atoms with Gasteiger partial charge in [-0.25, -0.2) is 9.59 Å². The lowest BCUT2D eigenvalue weighted by Gasteiger charge is -2.20. The number of aromatic nitrogens is 2. The summed E-state index contributed by atoms with van der Waals surface area (Å²) in [5.41, 5.74) is 1.94. The molecule has 0 spiro atoms. The second-order valence-electron chi connectivity index (χ2n) is 7.31. The summed E-state index contributed by atoms with van der Waals surface area (Å²) in [6.07, 6.45) is 1.47. The van der Waals surface area contributed by atoms with E-state index in [1.54, 1.807) is 20.1 Å². The van der Waals surface area contributed by atoms with Crippen molar-refractivity contribution in [3.63, 3.8) is 0 Å². The molecule has 1 aliphatic heterocycles. The Bertz CT molecular complexity index is 1310. The third-order valence-electron chi connectivity index (χ3n) is 5.23. The number of carbonyl (C=O) groups excluding carboxylic acids is 1. The fourth-order valence-electron chi connectivity index (χ4n) is 3.45. The summed E-state index contributed by atoms with van der Waals surface area (Å²) in [6.45, 7) is 1.95. The van der Waals surface area contributed by atoms with Gasteiger partial charge >= 0.3 is 11.7 Å². The molecular formula is C24H22N2O5S. The van der Waals surface area contributed by atoms with Gasteiger partial charge in [-0.3, -0.25) is 13.9 Å². The quantitative estimate of drug-likeness (QED) is 0.537. The van der Waals surface area contributed by atoms with E-state index in [0.717, 1.165) is 11.1 Å². The van der Waals surface area contributed by atoms with Gasteiger partial charge in [-0.1, -0.05) is 42.5 Å². The average Bonchev–Trinajstić information content (AvgIpc) is 2.84. The molecule has 2 aromatic carbocycles. The molecule has 4 rings (SSSR count). The molecule has 0 bridgehead atoms. The van der Waals surface area contributed by atoms with Crippen molar-refractivity contribution >= 4 is 23.9 Å². The zero-order valence-corrected chi connectivity index (χ0v) is 18.6. The number of fused-ring (bicyclic) bond motifs is 1. The van der Waals surface area contributed by atoms with Crippen LogP contribution in [0.3, 0.4) is 0 Å². The van der Waals surface area contributed by atoms with E-state index in [4.69, 9.17) is 9.47 Å². The Labute approximate surface area is 188 Å². The molecule has 7 nitrogen and oxygen atoms in total. The number of benzene rings is 2. The molecule has 0 amide bonds. The van der Waals surface area contributed by atoms with Gasteiger partial charge in [0.05, 0.1) is 13.7 Å². The summed E-state index contributed by atoms with van der Waals surface area (Å²) in [6, 6.07) is 16.6. The van der Waals surface area contributed by atoms with Crippen LogP contribution >= 0.6 is 11.8 Å². The Morgan fingerprint density at radius 3 is 2.56 bits per heavy atom. The lowest BCUT2D eigenvalue weighted by atomic mass is 10.2. The van der Waals surface area contributed by atoms with Crippen LogP contribution in [-0.4, -0.2) is 22.2 Å². The van der Waals surface area contributed by atoms with E-state index in [1.165, 1.54) is 27.1 Å². The molecule has 0 aliphatic carbocycles. The molecule has 0 N–H and O–H groups in total. The number of hydrogen-bond donors (Lipinski definition) is 0. The Morgan fingerprint density at radius 1 is 1.06 bits per heavy atom. The standard InChI is InChI=1S/C24H22N2O5S/c1-16-20-15-32-21(23(28)31-14-18-9-6-10-19(11-18)30-2)13-25(20)24(29)26(22(16)27)12-17-7-4-3-5-8-17/h3-11,13H,12,14-15H2,1-2H3. The van der Waals surface area contributed by atoms with Crippen LogP contribution in [0, 0.1) is 6.92 Å². The average molecular weight is 451 g/mol. The first-order valence-corrected chi connectivity index (χ1v) is 11.0. The fraction of sp³-hybridized carbons (Fsp3) is 0.208. The normalized spacial score (nSPS) is 12.6. The van der Waals surface area contributed by atoms with E-state index >= 15 is 0 Å². The van der Waals surface area contributed by atoms with Gasteiger partial charge < -0.3 is 9.47 Å². The number of hydrogen-bond acceptors (Lipinski definition) is 6. The number of nitrogens with zero attached hydrogens (tertiary/aromatic N) is 2. The van der Waals surface area contributed by atoms with Gasteiger partial charge in [-0.15, -0.1) is 11.8 Å². The van der Waals surface area contributed by atoms with Crippen LogP contribution in [0.25, 0.3) is 6.20 Å². The van der Waals surface area contributed by atoms with Crippen molar-refractivity contribution in [2.45, 2.75) is 25.8 Å². The molecule has 164 valence electrons. The predicted molar refractivity (Wildman–Crippen MR) is 124 cm³/mol. The van der Waals surface area contributed by atoms with Crippen molar-refractivity contribution in [3.8, 4) is 5.75 Å². The molecule has 0 unspecified atom stereocenters. The van der Waals surface area contributed by atoms with Crippen LogP contribution in [0.15, 0.2) is 69.1 Å². The summed E-state index contributed by atoms with van der Waals surface area (Å²) < 4.78 is 13.2. The number of rotatable bonds is 6. The molecule has 0 saturated carbocycles. The molecule has 2 heterocycles. The molecule has 1 aromatic heterocycles. The summed E-state index contributed by atoms with van der Waals surface area (Å²) in [4.78, 5) is 38.9. The van der Waals surface area contributed by atoms with Crippen LogP contribution in [0.5, 0.6) is 5.75 Å². The number of ether oxygens (including phenoxy) is 2. The first kappa shape index (κ1) is 21.7. The minimum Gasteiger partial charge on any atom is -0.497 e. The lowest BCUT2D eigenvalue weighted by molar-refractivity contribution is -0.139. The first-order valence-electron chi connectivity index (χ1n) is 10.0. The van der Waals surface area contributed by atoms with Crippen molar-refractivity contribution in [2.75, 3.05) is 7.11 Å². The van der Waals surface area contributed by atoms with Gasteiger partial charge in [0.2, 0.25) is 0 Å². The highest BCUT2D eigenvalue weighted by molar-refractivity contribution is 8.03. The van der Waals surface area contributed by atoms with Crippen molar-refractivity contribution < 1.29 is 14.3 Å². The largest absolute Gasteiger partial charge is 0.497 e. The van der Waals surface area contributed by atoms with Gasteiger partial charge in [-0.2, -0.15) is 0 Å². The van der Waals surface area contributed by atoms with E-state index in [1.807, 2.05) is 48.5 Å². The molecule has 0 atom stereocenters. The molecule has 0 radical (unpaired) electrons. The van der Waals surface area contributed by atoms with Crippen LogP contribution in [-0.2, 0) is 28.4 Å². The smallest absolute Gasteiger partial charge is 0.346 e. The van der Waals surface area contributed by atoms with E-state index < -0.39 is 11.7 Å². The minimum absolute atomic E-state index is 0.0855. The van der Waals surface area contributed by atoms with Gasteiger partial charge in [0.25, 0.3) is 5.56 Å². The second kappa shape index (κ2) is 9.32. The second-order valence-corrected chi connectivity index (χ2v) is 8.33. The Hall–Kier alpha value is -3.52. The molecular weight excluding hydrogens is 428 g/mol. The van der Waals surface area contributed by atoms with Crippen molar-refractivity contribution in [2.24, 2.45) is 0 Å². The van der Waals surface area contributed by atoms with Gasteiger partial charge in [-0.05, 0) is 30.2 Å². The lowest BCUT2D eigenvalue weighted by Crippen LogP contribution is -2.42. The van der Waals surface area contributed by atoms with E-state index in [-0.39, 0.29) is 18.7 Å². The molecule has 0 fully saturated rings. The van der Waals surface area contributed by atoms with Crippen molar-refractivity contribution in [3.05, 3.63) is 103 Å². The van der Waals surface area contributed by atoms with Crippen molar-refractivity contribution in [1.29, 1.82) is 0 Å². The summed E-state index contributed by atoms with van der Waals surface area (Å²) >= 11 is 1.25. The summed E-state index contributed by atoms with van der Waals surface area (Å²) in [5.74, 6) is 0.494. The van der Waals surface area contributed by atoms with Crippen molar-refractivity contribution in [1.82, 2.24) is 9.13 Å². The van der Waals surface area contributed by atoms with Crippen LogP contribution in [0.4, 0.5) is 0 Å². The number of methoxy groups -OCH3 is 1. The Balaban J connectivity index is 1.61. The van der Waals surface area contributed by atoms with E-state index in [0.29, 0.717) is 27.7 Å². The maximum atomic E-state index is 13.1. The van der Waals surface area contributed by atoms with Gasteiger partial charge in [0.1, 0.15) is 17.3 Å². The zero-order valence-electron chi connectivity index (χ0n) is 17.7. The Kier molecular flexibility index (Phi) is 6.32. The molecule has 8 heteroatoms. The highest BCUT2D eigenvalue weighted by Gasteiger charge is 2.23. The first-order chi connectivity index (χ1) is 15.5. The molecule has 3 aromatic rings. The van der Waals surface area contributed by atoms with E-state index in [2.05, 4.69) is 0 Å². The maximum absolute atomic E-state index is 13.1. The monoisotopic (exact) mass is 450 g/mol. The molecule has 32 heavy (non-hydrogen) atoms. The van der Waals surface area contributed by atoms with Crippen LogP contribution in [0.1, 0.15) is 22.4 Å². The van der Waals surface area contributed by atoms with E-state index in [9.17, 15) is 14.4 Å². The number of thioether (sulfide) groups is 1. The molecule has 0 saturated heterocycles. The van der Waals surface area contributed by atoms with Gasteiger partial charge in [0, 0.05) is 23.2 Å². The number of esters is 1. The van der Waals surface area contributed by atoms with Gasteiger partial charge in [0.15, 0.2) is 0 Å². The summed E-state index contributed by atoms with van der Waals surface area (Å²) in [5, 5.41) is 0. The number of carbonyl (C=O) groups is 1. The minimum atomic E-state index is -0.520. The highest BCUT2D eigenvalue weighted by atomic mass is 32.2.